The van der Waals surface area contributed by atoms with E-state index in [1.807, 2.05) is 24.3 Å². The Morgan fingerprint density at radius 3 is 2.20 bits per heavy atom. The van der Waals surface area contributed by atoms with Gasteiger partial charge in [0.1, 0.15) is 17.4 Å². The Balaban J connectivity index is 1.67. The quantitative estimate of drug-likeness (QED) is 0.755. The summed E-state index contributed by atoms with van der Waals surface area (Å²) in [6.45, 7) is 0.347. The molecule has 3 aromatic rings. The van der Waals surface area contributed by atoms with E-state index < -0.39 is 0 Å². The highest BCUT2D eigenvalue weighted by atomic mass is 32.1. The molecule has 3 rings (SSSR count). The fourth-order valence-electron chi connectivity index (χ4n) is 1.51. The molecule has 0 aliphatic heterocycles. The summed E-state index contributed by atoms with van der Waals surface area (Å²) in [7, 11) is 0. The lowest BCUT2D eigenvalue weighted by atomic mass is 10.2. The maximum Gasteiger partial charge on any atom is 0.203 e. The third-order valence-electron chi connectivity index (χ3n) is 2.39. The molecule has 20 heavy (non-hydrogen) atoms. The molecule has 102 valence electrons. The number of anilines is 2. The Kier molecular flexibility index (Phi) is 3.44. The van der Waals surface area contributed by atoms with E-state index in [9.17, 15) is 0 Å². The molecule has 7 nitrogen and oxygen atoms in total. The highest BCUT2D eigenvalue weighted by Crippen LogP contribution is 2.26. The lowest BCUT2D eigenvalue weighted by Crippen LogP contribution is -1.94. The normalized spacial score (nSPS) is 10.6. The zero-order chi connectivity index (χ0) is 13.9. The third kappa shape index (κ3) is 2.83. The van der Waals surface area contributed by atoms with Crippen molar-refractivity contribution in [2.24, 2.45) is 0 Å². The Hall–Kier alpha value is -2.26. The molecule has 0 saturated heterocycles. The van der Waals surface area contributed by atoms with Gasteiger partial charge in [-0.25, -0.2) is 0 Å². The van der Waals surface area contributed by atoms with Gasteiger partial charge in [0.2, 0.25) is 10.3 Å². The number of hydrogen-bond donors (Lipinski definition) is 2. The molecule has 0 unspecified atom stereocenters. The Bertz CT molecular complexity index is 708. The molecule has 1 aromatic carbocycles. The van der Waals surface area contributed by atoms with Crippen molar-refractivity contribution in [3.63, 3.8) is 0 Å². The van der Waals surface area contributed by atoms with Crippen LogP contribution in [0.25, 0.3) is 10.6 Å². The van der Waals surface area contributed by atoms with E-state index in [0.717, 1.165) is 21.3 Å². The van der Waals surface area contributed by atoms with Crippen molar-refractivity contribution in [2.75, 3.05) is 11.5 Å². The number of nitrogen functional groups attached to an aromatic ring is 2. The first-order chi connectivity index (χ1) is 9.70. The molecule has 9 heteroatoms. The van der Waals surface area contributed by atoms with Gasteiger partial charge in [-0.1, -0.05) is 22.7 Å². The number of rotatable bonds is 4. The van der Waals surface area contributed by atoms with Crippen LogP contribution in [0.3, 0.4) is 0 Å². The summed E-state index contributed by atoms with van der Waals surface area (Å²) in [6.07, 6.45) is 0. The molecule has 0 saturated carbocycles. The van der Waals surface area contributed by atoms with Crippen LogP contribution >= 0.6 is 22.7 Å². The standard InChI is InChI=1S/C11H10N6OS2/c12-10-16-14-8(19-10)5-18-7-3-1-6(2-4-7)9-15-17-11(13)20-9/h1-4H,5H2,(H2,12,16)(H2,13,17). The number of nitrogens with two attached hydrogens (primary N) is 2. The molecule has 0 atom stereocenters. The third-order valence-corrected chi connectivity index (χ3v) is 3.91. The fourth-order valence-corrected chi connectivity index (χ4v) is 2.65. The minimum atomic E-state index is 0.347. The van der Waals surface area contributed by atoms with Crippen molar-refractivity contribution in [2.45, 2.75) is 6.61 Å². The number of ether oxygens (including phenoxy) is 1. The predicted molar refractivity (Wildman–Crippen MR) is 78.4 cm³/mol. The van der Waals surface area contributed by atoms with Gasteiger partial charge in [0.15, 0.2) is 5.01 Å². The highest BCUT2D eigenvalue weighted by Gasteiger charge is 2.06. The van der Waals surface area contributed by atoms with Gasteiger partial charge in [-0.05, 0) is 24.3 Å². The van der Waals surface area contributed by atoms with Crippen LogP contribution in [-0.4, -0.2) is 20.4 Å². The molecule has 0 aliphatic rings. The van der Waals surface area contributed by atoms with Gasteiger partial charge < -0.3 is 16.2 Å². The molecule has 4 N–H and O–H groups in total. The topological polar surface area (TPSA) is 113 Å². The van der Waals surface area contributed by atoms with Crippen molar-refractivity contribution >= 4 is 32.9 Å². The molecule has 0 fully saturated rings. The lowest BCUT2D eigenvalue weighted by molar-refractivity contribution is 0.304. The Morgan fingerprint density at radius 2 is 1.60 bits per heavy atom. The SMILES string of the molecule is Nc1nnc(COc2ccc(-c3nnc(N)s3)cc2)s1. The second-order valence-corrected chi connectivity index (χ2v) is 5.90. The first-order valence-corrected chi connectivity index (χ1v) is 7.24. The van der Waals surface area contributed by atoms with Crippen LogP contribution < -0.4 is 16.2 Å². The molecule has 2 aromatic heterocycles. The number of hydrogen-bond acceptors (Lipinski definition) is 9. The molecule has 0 spiro atoms. The summed E-state index contributed by atoms with van der Waals surface area (Å²) in [5.41, 5.74) is 12.0. The second kappa shape index (κ2) is 5.39. The van der Waals surface area contributed by atoms with E-state index >= 15 is 0 Å². The first-order valence-electron chi connectivity index (χ1n) is 5.61. The van der Waals surface area contributed by atoms with E-state index in [1.165, 1.54) is 22.7 Å². The fraction of sp³-hybridized carbons (Fsp3) is 0.0909. The Morgan fingerprint density at radius 1 is 0.900 bits per heavy atom. The highest BCUT2D eigenvalue weighted by molar-refractivity contribution is 7.18. The first kappa shape index (κ1) is 12.8. The Labute approximate surface area is 122 Å². The van der Waals surface area contributed by atoms with Crippen molar-refractivity contribution in [1.29, 1.82) is 0 Å². The second-order valence-electron chi connectivity index (χ2n) is 3.79. The van der Waals surface area contributed by atoms with E-state index in [2.05, 4.69) is 20.4 Å². The summed E-state index contributed by atoms with van der Waals surface area (Å²) < 4.78 is 5.60. The van der Waals surface area contributed by atoms with Crippen molar-refractivity contribution in [3.05, 3.63) is 29.3 Å². The van der Waals surface area contributed by atoms with E-state index in [0.29, 0.717) is 16.9 Å². The molecule has 0 radical (unpaired) electrons. The van der Waals surface area contributed by atoms with Gasteiger partial charge in [-0.2, -0.15) is 0 Å². The largest absolute Gasteiger partial charge is 0.486 e. The average Bonchev–Trinajstić information content (AvgIpc) is 3.06. The van der Waals surface area contributed by atoms with E-state index in [4.69, 9.17) is 16.2 Å². The van der Waals surface area contributed by atoms with Crippen molar-refractivity contribution in [1.82, 2.24) is 20.4 Å². The number of aromatic nitrogens is 4. The van der Waals surface area contributed by atoms with Crippen molar-refractivity contribution in [3.8, 4) is 16.3 Å². The van der Waals surface area contributed by atoms with Crippen LogP contribution in [0.2, 0.25) is 0 Å². The molecular weight excluding hydrogens is 296 g/mol. The predicted octanol–water partition coefficient (Wildman–Crippen LogP) is 1.80. The van der Waals surface area contributed by atoms with Crippen LogP contribution in [0.1, 0.15) is 5.01 Å². The summed E-state index contributed by atoms with van der Waals surface area (Å²) in [4.78, 5) is 0. The van der Waals surface area contributed by atoms with E-state index in [1.54, 1.807) is 0 Å². The minimum Gasteiger partial charge on any atom is -0.486 e. The summed E-state index contributed by atoms with van der Waals surface area (Å²) in [5, 5.41) is 17.8. The maximum absolute atomic E-state index is 5.60. The van der Waals surface area contributed by atoms with Gasteiger partial charge in [0.25, 0.3) is 0 Å². The van der Waals surface area contributed by atoms with Gasteiger partial charge >= 0.3 is 0 Å². The van der Waals surface area contributed by atoms with Crippen LogP contribution in [0.5, 0.6) is 5.75 Å². The van der Waals surface area contributed by atoms with Gasteiger partial charge in [-0.3, -0.25) is 0 Å². The smallest absolute Gasteiger partial charge is 0.203 e. The van der Waals surface area contributed by atoms with Gasteiger partial charge in [0, 0.05) is 5.56 Å². The summed E-state index contributed by atoms with van der Waals surface area (Å²) in [6, 6.07) is 7.53. The van der Waals surface area contributed by atoms with E-state index in [-0.39, 0.29) is 0 Å². The molecule has 2 heterocycles. The van der Waals surface area contributed by atoms with Crippen LogP contribution in [0, 0.1) is 0 Å². The number of benzene rings is 1. The lowest BCUT2D eigenvalue weighted by Gasteiger charge is -2.03. The molecular formula is C11H10N6OS2. The zero-order valence-corrected chi connectivity index (χ0v) is 11.8. The average molecular weight is 306 g/mol. The van der Waals surface area contributed by atoms with Crippen LogP contribution in [0.15, 0.2) is 24.3 Å². The molecule has 0 bridgehead atoms. The van der Waals surface area contributed by atoms with Crippen molar-refractivity contribution < 1.29 is 4.74 Å². The monoisotopic (exact) mass is 306 g/mol. The zero-order valence-electron chi connectivity index (χ0n) is 10.2. The maximum atomic E-state index is 5.60. The molecule has 0 aliphatic carbocycles. The van der Waals surface area contributed by atoms with Gasteiger partial charge in [0.05, 0.1) is 0 Å². The molecule has 0 amide bonds. The summed E-state index contributed by atoms with van der Waals surface area (Å²) >= 11 is 2.65. The minimum absolute atomic E-state index is 0.347. The van der Waals surface area contributed by atoms with Crippen LogP contribution in [0.4, 0.5) is 10.3 Å². The van der Waals surface area contributed by atoms with Gasteiger partial charge in [-0.15, -0.1) is 20.4 Å². The van der Waals surface area contributed by atoms with Crippen LogP contribution in [-0.2, 0) is 6.61 Å². The summed E-state index contributed by atoms with van der Waals surface area (Å²) in [5.74, 6) is 0.736. The number of nitrogens with zero attached hydrogens (tertiary/aromatic N) is 4.